The van der Waals surface area contributed by atoms with Crippen molar-refractivity contribution in [3.63, 3.8) is 0 Å². The summed E-state index contributed by atoms with van der Waals surface area (Å²) in [4.78, 5) is 1.29. The Kier molecular flexibility index (Phi) is 3.97. The maximum absolute atomic E-state index is 5.92. The molecule has 0 spiro atoms. The van der Waals surface area contributed by atoms with E-state index in [0.717, 1.165) is 18.5 Å². The SMILES string of the molecule is CCc1cc(CC)n(C(CN)c2cccs2)n1. The average Bonchev–Trinajstić information content (AvgIpc) is 2.99. The predicted octanol–water partition coefficient (Wildman–Crippen LogP) is 2.62. The first-order valence-corrected chi connectivity index (χ1v) is 6.98. The Morgan fingerprint density at radius 2 is 2.24 bits per heavy atom. The summed E-state index contributed by atoms with van der Waals surface area (Å²) in [5, 5.41) is 6.76. The van der Waals surface area contributed by atoms with E-state index < -0.39 is 0 Å². The fourth-order valence-electron chi connectivity index (χ4n) is 2.01. The van der Waals surface area contributed by atoms with Crippen molar-refractivity contribution in [3.05, 3.63) is 39.8 Å². The van der Waals surface area contributed by atoms with E-state index in [-0.39, 0.29) is 6.04 Å². The number of rotatable bonds is 5. The van der Waals surface area contributed by atoms with Gasteiger partial charge in [0.15, 0.2) is 0 Å². The van der Waals surface area contributed by atoms with Crippen molar-refractivity contribution in [3.8, 4) is 0 Å². The van der Waals surface area contributed by atoms with Crippen LogP contribution < -0.4 is 5.73 Å². The molecule has 1 unspecified atom stereocenters. The van der Waals surface area contributed by atoms with Crippen molar-refractivity contribution in [1.29, 1.82) is 0 Å². The number of aryl methyl sites for hydroxylation is 2. The smallest absolute Gasteiger partial charge is 0.0985 e. The first kappa shape index (κ1) is 12.3. The van der Waals surface area contributed by atoms with E-state index in [1.54, 1.807) is 11.3 Å². The highest BCUT2D eigenvalue weighted by atomic mass is 32.1. The Morgan fingerprint density at radius 1 is 1.41 bits per heavy atom. The zero-order chi connectivity index (χ0) is 12.3. The Balaban J connectivity index is 2.39. The maximum atomic E-state index is 5.92. The monoisotopic (exact) mass is 249 g/mol. The molecule has 92 valence electrons. The molecule has 2 aromatic heterocycles. The highest BCUT2D eigenvalue weighted by molar-refractivity contribution is 7.10. The van der Waals surface area contributed by atoms with Crippen LogP contribution in [0.4, 0.5) is 0 Å². The summed E-state index contributed by atoms with van der Waals surface area (Å²) in [6.07, 6.45) is 1.97. The van der Waals surface area contributed by atoms with Gasteiger partial charge in [-0.2, -0.15) is 5.10 Å². The fraction of sp³-hybridized carbons (Fsp3) is 0.462. The van der Waals surface area contributed by atoms with Gasteiger partial charge in [0.2, 0.25) is 0 Å². The second-order valence-electron chi connectivity index (χ2n) is 4.05. The zero-order valence-electron chi connectivity index (χ0n) is 10.4. The van der Waals surface area contributed by atoms with E-state index in [4.69, 9.17) is 5.73 Å². The van der Waals surface area contributed by atoms with Crippen LogP contribution in [0.5, 0.6) is 0 Å². The van der Waals surface area contributed by atoms with Crippen LogP contribution in [0.3, 0.4) is 0 Å². The van der Waals surface area contributed by atoms with Crippen LogP contribution in [0.25, 0.3) is 0 Å². The molecule has 17 heavy (non-hydrogen) atoms. The topological polar surface area (TPSA) is 43.8 Å². The number of hydrogen-bond acceptors (Lipinski definition) is 3. The second-order valence-corrected chi connectivity index (χ2v) is 5.02. The Bertz CT molecular complexity index is 459. The molecule has 3 nitrogen and oxygen atoms in total. The molecule has 1 atom stereocenters. The molecule has 0 radical (unpaired) electrons. The van der Waals surface area contributed by atoms with E-state index in [9.17, 15) is 0 Å². The van der Waals surface area contributed by atoms with Crippen LogP contribution in [0.15, 0.2) is 23.6 Å². The van der Waals surface area contributed by atoms with Gasteiger partial charge >= 0.3 is 0 Å². The summed E-state index contributed by atoms with van der Waals surface area (Å²) >= 11 is 1.75. The van der Waals surface area contributed by atoms with E-state index >= 15 is 0 Å². The molecule has 2 heterocycles. The van der Waals surface area contributed by atoms with E-state index in [1.165, 1.54) is 10.6 Å². The van der Waals surface area contributed by atoms with Gasteiger partial charge in [0, 0.05) is 17.1 Å². The molecule has 0 saturated carbocycles. The Morgan fingerprint density at radius 3 is 2.76 bits per heavy atom. The number of nitrogens with zero attached hydrogens (tertiary/aromatic N) is 2. The minimum atomic E-state index is 0.185. The Hall–Kier alpha value is -1.13. The zero-order valence-corrected chi connectivity index (χ0v) is 11.2. The van der Waals surface area contributed by atoms with Crippen molar-refractivity contribution in [2.75, 3.05) is 6.54 Å². The van der Waals surface area contributed by atoms with E-state index in [0.29, 0.717) is 6.54 Å². The van der Waals surface area contributed by atoms with Crippen molar-refractivity contribution >= 4 is 11.3 Å². The van der Waals surface area contributed by atoms with Crippen molar-refractivity contribution in [1.82, 2.24) is 9.78 Å². The van der Waals surface area contributed by atoms with Gasteiger partial charge in [-0.15, -0.1) is 11.3 Å². The predicted molar refractivity (Wildman–Crippen MR) is 72.5 cm³/mol. The molecule has 0 fully saturated rings. The number of thiophene rings is 1. The second kappa shape index (κ2) is 5.47. The molecular formula is C13H19N3S. The fourth-order valence-corrected chi connectivity index (χ4v) is 2.84. The maximum Gasteiger partial charge on any atom is 0.0985 e. The standard InChI is InChI=1S/C13H19N3S/c1-3-10-8-11(4-2)16(15-10)12(9-14)13-6-5-7-17-13/h5-8,12H,3-4,9,14H2,1-2H3. The molecule has 0 aromatic carbocycles. The van der Waals surface area contributed by atoms with Crippen molar-refractivity contribution in [2.45, 2.75) is 32.7 Å². The van der Waals surface area contributed by atoms with Crippen LogP contribution in [-0.4, -0.2) is 16.3 Å². The molecule has 2 aromatic rings. The lowest BCUT2D eigenvalue weighted by atomic mass is 10.2. The summed E-state index contributed by atoms with van der Waals surface area (Å²) in [5.74, 6) is 0. The summed E-state index contributed by atoms with van der Waals surface area (Å²) in [6, 6.07) is 6.58. The van der Waals surface area contributed by atoms with Gasteiger partial charge in [-0.3, -0.25) is 4.68 Å². The molecule has 0 bridgehead atoms. The average molecular weight is 249 g/mol. The van der Waals surface area contributed by atoms with Gasteiger partial charge in [0.1, 0.15) is 0 Å². The Labute approximate surface area is 106 Å². The highest BCUT2D eigenvalue weighted by Crippen LogP contribution is 2.24. The first-order valence-electron chi connectivity index (χ1n) is 6.10. The van der Waals surface area contributed by atoms with Gasteiger partial charge in [0.05, 0.1) is 11.7 Å². The molecule has 0 aliphatic rings. The van der Waals surface area contributed by atoms with Gasteiger partial charge in [-0.25, -0.2) is 0 Å². The minimum absolute atomic E-state index is 0.185. The summed E-state index contributed by atoms with van der Waals surface area (Å²) in [5.41, 5.74) is 8.34. The molecule has 2 N–H and O–H groups in total. The van der Waals surface area contributed by atoms with E-state index in [1.807, 2.05) is 0 Å². The lowest BCUT2D eigenvalue weighted by molar-refractivity contribution is 0.515. The third-order valence-corrected chi connectivity index (χ3v) is 3.95. The van der Waals surface area contributed by atoms with Crippen molar-refractivity contribution in [2.24, 2.45) is 5.73 Å². The van der Waals surface area contributed by atoms with Gasteiger partial charge in [0.25, 0.3) is 0 Å². The van der Waals surface area contributed by atoms with Crippen LogP contribution in [0.1, 0.15) is 36.2 Å². The van der Waals surface area contributed by atoms with Crippen LogP contribution in [0.2, 0.25) is 0 Å². The van der Waals surface area contributed by atoms with Crippen LogP contribution in [0, 0.1) is 0 Å². The van der Waals surface area contributed by atoms with Gasteiger partial charge < -0.3 is 5.73 Å². The quantitative estimate of drug-likeness (QED) is 0.885. The molecule has 0 aliphatic carbocycles. The highest BCUT2D eigenvalue weighted by Gasteiger charge is 2.17. The molecule has 0 aliphatic heterocycles. The third kappa shape index (κ3) is 2.42. The molecular weight excluding hydrogens is 230 g/mol. The lowest BCUT2D eigenvalue weighted by Crippen LogP contribution is -2.22. The van der Waals surface area contributed by atoms with Gasteiger partial charge in [-0.05, 0) is 30.4 Å². The molecule has 2 rings (SSSR count). The number of aromatic nitrogens is 2. The number of nitrogens with two attached hydrogens (primary N) is 1. The summed E-state index contributed by atoms with van der Waals surface area (Å²) in [6.45, 7) is 4.89. The first-order chi connectivity index (χ1) is 8.30. The summed E-state index contributed by atoms with van der Waals surface area (Å²) < 4.78 is 2.10. The summed E-state index contributed by atoms with van der Waals surface area (Å²) in [7, 11) is 0. The van der Waals surface area contributed by atoms with Gasteiger partial charge in [-0.1, -0.05) is 19.9 Å². The largest absolute Gasteiger partial charge is 0.328 e. The lowest BCUT2D eigenvalue weighted by Gasteiger charge is -2.16. The number of hydrogen-bond donors (Lipinski definition) is 1. The molecule has 0 saturated heterocycles. The van der Waals surface area contributed by atoms with E-state index in [2.05, 4.69) is 47.2 Å². The van der Waals surface area contributed by atoms with Crippen LogP contribution in [-0.2, 0) is 12.8 Å². The molecule has 0 amide bonds. The van der Waals surface area contributed by atoms with Crippen LogP contribution >= 0.6 is 11.3 Å². The minimum Gasteiger partial charge on any atom is -0.328 e. The third-order valence-electron chi connectivity index (χ3n) is 2.98. The van der Waals surface area contributed by atoms with Crippen molar-refractivity contribution < 1.29 is 0 Å². The normalized spacial score (nSPS) is 12.9. The molecule has 4 heteroatoms.